The molecule has 6 atom stereocenters. The van der Waals surface area contributed by atoms with Crippen LogP contribution >= 0.6 is 7.60 Å². The van der Waals surface area contributed by atoms with Crippen molar-refractivity contribution < 1.29 is 33.0 Å². The molecule has 0 spiro atoms. The zero-order chi connectivity index (χ0) is 28.4. The van der Waals surface area contributed by atoms with Crippen LogP contribution < -0.4 is 15.5 Å². The molecule has 41 heavy (non-hydrogen) atoms. The predicted octanol–water partition coefficient (Wildman–Crippen LogP) is 3.12. The summed E-state index contributed by atoms with van der Waals surface area (Å²) in [4.78, 5) is 37.8. The molecular weight excluding hydrogens is 551 g/mol. The number of carbonyl (C=O) groups excluding carboxylic acids is 1. The first kappa shape index (κ1) is 27.5. The van der Waals surface area contributed by atoms with Crippen molar-refractivity contribution in [1.82, 2.24) is 24.8 Å². The van der Waals surface area contributed by atoms with Gasteiger partial charge in [-0.2, -0.15) is 0 Å². The molecular formula is C27H28N6O7P-. The summed E-state index contributed by atoms with van der Waals surface area (Å²) in [5, 5.41) is 5.32. The third kappa shape index (κ3) is 5.87. The highest BCUT2D eigenvalue weighted by Crippen LogP contribution is 2.47. The number of hydrogen-bond donors (Lipinski definition) is 2. The van der Waals surface area contributed by atoms with E-state index in [1.807, 2.05) is 36.4 Å². The van der Waals surface area contributed by atoms with Gasteiger partial charge in [0.25, 0.3) is 0 Å². The van der Waals surface area contributed by atoms with E-state index >= 15 is 0 Å². The number of fused-ring (bicyclic) bond motifs is 2. The number of ether oxygens (including phenoxy) is 3. The molecule has 2 saturated heterocycles. The summed E-state index contributed by atoms with van der Waals surface area (Å²) in [5.74, 6) is 0.230. The second kappa shape index (κ2) is 11.6. The van der Waals surface area contributed by atoms with Crippen LogP contribution in [-0.4, -0.2) is 57.0 Å². The van der Waals surface area contributed by atoms with Crippen molar-refractivity contribution in [2.75, 3.05) is 18.5 Å². The normalized spacial score (nSPS) is 25.1. The molecule has 2 aromatic heterocycles. The smallest absolute Gasteiger partial charge is 0.320 e. The Hall–Kier alpha value is -3.71. The van der Waals surface area contributed by atoms with E-state index < -0.39 is 44.5 Å². The number of nitrogens with one attached hydrogen (secondary N) is 2. The molecule has 0 bridgehead atoms. The number of carbonyl (C=O) groups is 1. The standard InChI is InChI=1S/C27H29N6O7P/c1-2-28-27(34)32-23-20-24(30-15-29-23)33(16-31-20)25-22-21(39-26(40-22)18-11-7-4-8-12-18)19(38-25)13-37-41(35,36)14-17-9-5-3-6-10-17/h3-12,15-16,19,21-22,25-26H,2,13-14H2,1H3,(H,35,36)(H2,28,29,30,32,34)/p-1/t19-,21?,22+,25-,26-/m1/s1. The maximum atomic E-state index is 12.8. The maximum absolute atomic E-state index is 12.8. The van der Waals surface area contributed by atoms with Gasteiger partial charge in [-0.1, -0.05) is 60.7 Å². The molecule has 2 fully saturated rings. The highest BCUT2D eigenvalue weighted by atomic mass is 31.2. The average molecular weight is 580 g/mol. The summed E-state index contributed by atoms with van der Waals surface area (Å²) in [6, 6.07) is 17.8. The number of anilines is 1. The van der Waals surface area contributed by atoms with Gasteiger partial charge in [-0.15, -0.1) is 0 Å². The Bertz CT molecular complexity index is 1560. The summed E-state index contributed by atoms with van der Waals surface area (Å²) < 4.78 is 38.8. The van der Waals surface area contributed by atoms with Gasteiger partial charge in [-0.3, -0.25) is 9.88 Å². The van der Waals surface area contributed by atoms with Gasteiger partial charge in [0.15, 0.2) is 29.5 Å². The van der Waals surface area contributed by atoms with E-state index in [2.05, 4.69) is 25.6 Å². The van der Waals surface area contributed by atoms with Crippen molar-refractivity contribution in [3.8, 4) is 0 Å². The Kier molecular flexibility index (Phi) is 7.80. The van der Waals surface area contributed by atoms with E-state index in [1.165, 1.54) is 12.7 Å². The van der Waals surface area contributed by atoms with Gasteiger partial charge in [0, 0.05) is 18.3 Å². The summed E-state index contributed by atoms with van der Waals surface area (Å²) in [5.41, 5.74) is 2.18. The van der Waals surface area contributed by atoms with Crippen molar-refractivity contribution in [2.45, 2.75) is 43.9 Å². The molecule has 2 unspecified atom stereocenters. The van der Waals surface area contributed by atoms with Crippen LogP contribution in [0.1, 0.15) is 30.6 Å². The molecule has 214 valence electrons. The Labute approximate surface area is 235 Å². The fourth-order valence-electron chi connectivity index (χ4n) is 4.94. The summed E-state index contributed by atoms with van der Waals surface area (Å²) in [6.45, 7) is 1.98. The van der Waals surface area contributed by atoms with E-state index in [1.54, 1.807) is 35.8 Å². The van der Waals surface area contributed by atoms with E-state index in [0.29, 0.717) is 23.3 Å². The van der Waals surface area contributed by atoms with Crippen LogP contribution in [0.3, 0.4) is 0 Å². The molecule has 2 aliphatic rings. The minimum absolute atomic E-state index is 0.230. The first-order valence-corrected chi connectivity index (χ1v) is 14.9. The average Bonchev–Trinajstić information content (AvgIpc) is 3.67. The monoisotopic (exact) mass is 579 g/mol. The number of nitrogens with zero attached hydrogens (tertiary/aromatic N) is 4. The minimum Gasteiger partial charge on any atom is -0.778 e. The molecule has 14 heteroatoms. The first-order valence-electron chi connectivity index (χ1n) is 13.1. The Morgan fingerprint density at radius 2 is 1.76 bits per heavy atom. The van der Waals surface area contributed by atoms with Crippen LogP contribution in [0, 0.1) is 0 Å². The second-order valence-corrected chi connectivity index (χ2v) is 11.4. The number of amides is 2. The van der Waals surface area contributed by atoms with Gasteiger partial charge in [0.1, 0.15) is 32.2 Å². The lowest BCUT2D eigenvalue weighted by atomic mass is 10.1. The molecule has 4 heterocycles. The fourth-order valence-corrected chi connectivity index (χ4v) is 6.07. The predicted molar refractivity (Wildman–Crippen MR) is 145 cm³/mol. The van der Waals surface area contributed by atoms with Crippen LogP contribution in [0.5, 0.6) is 0 Å². The lowest BCUT2D eigenvalue weighted by Crippen LogP contribution is -2.32. The lowest BCUT2D eigenvalue weighted by molar-refractivity contribution is -0.204. The van der Waals surface area contributed by atoms with E-state index in [0.717, 1.165) is 5.56 Å². The second-order valence-electron chi connectivity index (χ2n) is 9.59. The summed E-state index contributed by atoms with van der Waals surface area (Å²) in [7, 11) is -4.23. The lowest BCUT2D eigenvalue weighted by Gasteiger charge is -2.26. The van der Waals surface area contributed by atoms with Crippen LogP contribution in [0.4, 0.5) is 10.6 Å². The van der Waals surface area contributed by atoms with Crippen LogP contribution in [0.15, 0.2) is 73.3 Å². The summed E-state index contributed by atoms with van der Waals surface area (Å²) >= 11 is 0. The van der Waals surface area contributed by atoms with Gasteiger partial charge < -0.3 is 33.5 Å². The van der Waals surface area contributed by atoms with Gasteiger partial charge >= 0.3 is 6.03 Å². The summed E-state index contributed by atoms with van der Waals surface area (Å²) in [6.07, 6.45) is -0.945. The van der Waals surface area contributed by atoms with E-state index in [4.69, 9.17) is 18.7 Å². The van der Waals surface area contributed by atoms with Gasteiger partial charge in [0.2, 0.25) is 0 Å². The molecule has 13 nitrogen and oxygen atoms in total. The highest BCUT2D eigenvalue weighted by molar-refractivity contribution is 7.50. The van der Waals surface area contributed by atoms with E-state index in [-0.39, 0.29) is 18.6 Å². The Balaban J connectivity index is 1.26. The number of rotatable bonds is 9. The molecule has 2 N–H and O–H groups in total. The third-order valence-electron chi connectivity index (χ3n) is 6.78. The number of aromatic nitrogens is 4. The van der Waals surface area contributed by atoms with Gasteiger partial charge in [-0.05, 0) is 12.5 Å². The zero-order valence-electron chi connectivity index (χ0n) is 22.0. The maximum Gasteiger partial charge on any atom is 0.320 e. The molecule has 0 saturated carbocycles. The number of imidazole rings is 1. The topological polar surface area (TPSA) is 162 Å². The quantitative estimate of drug-likeness (QED) is 0.282. The molecule has 2 amide bonds. The van der Waals surface area contributed by atoms with Crippen LogP contribution in [0.25, 0.3) is 11.2 Å². The van der Waals surface area contributed by atoms with Gasteiger partial charge in [0.05, 0.1) is 12.9 Å². The molecule has 0 radical (unpaired) electrons. The Morgan fingerprint density at radius 3 is 2.51 bits per heavy atom. The Morgan fingerprint density at radius 1 is 1.02 bits per heavy atom. The molecule has 2 aliphatic heterocycles. The number of urea groups is 1. The van der Waals surface area contributed by atoms with Crippen molar-refractivity contribution in [1.29, 1.82) is 0 Å². The van der Waals surface area contributed by atoms with Gasteiger partial charge in [-0.25, -0.2) is 19.7 Å². The molecule has 6 rings (SSSR count). The van der Waals surface area contributed by atoms with E-state index in [9.17, 15) is 14.3 Å². The first-order chi connectivity index (χ1) is 19.9. The third-order valence-corrected chi connectivity index (χ3v) is 8.07. The van der Waals surface area contributed by atoms with Crippen LogP contribution in [-0.2, 0) is 29.5 Å². The van der Waals surface area contributed by atoms with Crippen molar-refractivity contribution in [3.63, 3.8) is 0 Å². The molecule has 0 aliphatic carbocycles. The highest BCUT2D eigenvalue weighted by Gasteiger charge is 2.54. The number of hydrogen-bond acceptors (Lipinski definition) is 10. The number of benzene rings is 2. The molecule has 4 aromatic rings. The zero-order valence-corrected chi connectivity index (χ0v) is 22.9. The van der Waals surface area contributed by atoms with Crippen molar-refractivity contribution in [3.05, 3.63) is 84.4 Å². The molecule has 2 aromatic carbocycles. The van der Waals surface area contributed by atoms with Crippen molar-refractivity contribution >= 4 is 30.6 Å². The minimum atomic E-state index is -4.23. The SMILES string of the molecule is CCNC(=O)Nc1ncnc2c1ncn2[C@@H]1O[C@H](COP(=O)([O-])Cc2ccccc2)C2O[C@@H](c3ccccc3)O[C@@H]21. The largest absolute Gasteiger partial charge is 0.778 e. The van der Waals surface area contributed by atoms with Crippen molar-refractivity contribution in [2.24, 2.45) is 0 Å². The fraction of sp³-hybridized carbons (Fsp3) is 0.333. The van der Waals surface area contributed by atoms with Crippen LogP contribution in [0.2, 0.25) is 0 Å².